The van der Waals surface area contributed by atoms with Gasteiger partial charge in [-0.2, -0.15) is 5.10 Å². The van der Waals surface area contributed by atoms with Crippen LogP contribution in [-0.2, 0) is 20.2 Å². The van der Waals surface area contributed by atoms with Gasteiger partial charge in [-0.3, -0.25) is 4.68 Å². The van der Waals surface area contributed by atoms with Gasteiger partial charge >= 0.3 is 0 Å². The first kappa shape index (κ1) is 15.7. The van der Waals surface area contributed by atoms with E-state index < -0.39 is 0 Å². The zero-order valence-electron chi connectivity index (χ0n) is 12.7. The second-order valence-corrected chi connectivity index (χ2v) is 5.14. The van der Waals surface area contributed by atoms with Gasteiger partial charge in [-0.25, -0.2) is 0 Å². The summed E-state index contributed by atoms with van der Waals surface area (Å²) in [4.78, 5) is 0. The Morgan fingerprint density at radius 1 is 1.38 bits per heavy atom. The van der Waals surface area contributed by atoms with Crippen LogP contribution in [0.3, 0.4) is 0 Å². The summed E-state index contributed by atoms with van der Waals surface area (Å²) < 4.78 is 12.9. The molecule has 2 rings (SSSR count). The number of aryl methyl sites for hydroxylation is 2. The van der Waals surface area contributed by atoms with Crippen molar-refractivity contribution in [2.24, 2.45) is 7.05 Å². The van der Waals surface area contributed by atoms with E-state index in [1.807, 2.05) is 39.2 Å². The lowest BCUT2D eigenvalue weighted by atomic mass is 10.2. The summed E-state index contributed by atoms with van der Waals surface area (Å²) >= 11 is 6.23. The number of halogens is 1. The molecule has 0 amide bonds. The number of ether oxygens (including phenoxy) is 2. The van der Waals surface area contributed by atoms with E-state index in [9.17, 15) is 0 Å². The highest BCUT2D eigenvalue weighted by molar-refractivity contribution is 6.31. The summed E-state index contributed by atoms with van der Waals surface area (Å²) in [5.41, 5.74) is 2.70. The average Bonchev–Trinajstić information content (AvgIpc) is 2.71. The van der Waals surface area contributed by atoms with Crippen LogP contribution >= 0.6 is 11.6 Å². The van der Waals surface area contributed by atoms with Crippen LogP contribution in [0.2, 0.25) is 5.02 Å². The van der Waals surface area contributed by atoms with Gasteiger partial charge in [0.2, 0.25) is 0 Å². The molecule has 0 aliphatic rings. The van der Waals surface area contributed by atoms with E-state index >= 15 is 0 Å². The third-order valence-corrected chi connectivity index (χ3v) is 3.75. The van der Waals surface area contributed by atoms with Crippen molar-refractivity contribution in [2.75, 3.05) is 14.2 Å². The molecule has 1 aromatic heterocycles. The van der Waals surface area contributed by atoms with Gasteiger partial charge in [0, 0.05) is 19.2 Å². The van der Waals surface area contributed by atoms with Crippen molar-refractivity contribution in [2.45, 2.75) is 20.1 Å². The Balaban J connectivity index is 2.19. The van der Waals surface area contributed by atoms with E-state index in [-0.39, 0.29) is 0 Å². The van der Waals surface area contributed by atoms with Gasteiger partial charge in [-0.05, 0) is 32.2 Å². The van der Waals surface area contributed by atoms with Crippen molar-refractivity contribution in [1.82, 2.24) is 15.1 Å². The molecule has 0 radical (unpaired) electrons. The highest BCUT2D eigenvalue weighted by atomic mass is 35.5. The van der Waals surface area contributed by atoms with Crippen LogP contribution in [-0.4, -0.2) is 23.9 Å². The Bertz CT molecular complexity index is 626. The fourth-order valence-corrected chi connectivity index (χ4v) is 2.35. The summed E-state index contributed by atoms with van der Waals surface area (Å²) in [6.07, 6.45) is 0. The summed E-state index contributed by atoms with van der Waals surface area (Å²) in [6, 6.07) is 5.75. The molecule has 5 nitrogen and oxygen atoms in total. The van der Waals surface area contributed by atoms with E-state index in [0.717, 1.165) is 28.5 Å². The normalized spacial score (nSPS) is 10.7. The number of nitrogens with one attached hydrogen (secondary N) is 1. The van der Waals surface area contributed by atoms with Gasteiger partial charge in [0.25, 0.3) is 0 Å². The lowest BCUT2D eigenvalue weighted by Crippen LogP contribution is -2.09. The molecule has 0 saturated heterocycles. The maximum atomic E-state index is 6.23. The van der Waals surface area contributed by atoms with Gasteiger partial charge in [-0.1, -0.05) is 11.6 Å². The Morgan fingerprint density at radius 2 is 2.14 bits per heavy atom. The first-order chi connectivity index (χ1) is 10.1. The molecule has 21 heavy (non-hydrogen) atoms. The minimum Gasteiger partial charge on any atom is -0.497 e. The fourth-order valence-electron chi connectivity index (χ4n) is 2.14. The maximum absolute atomic E-state index is 6.23. The summed E-state index contributed by atoms with van der Waals surface area (Å²) in [5.74, 6) is 1.61. The molecule has 0 bridgehead atoms. The van der Waals surface area contributed by atoms with Gasteiger partial charge in [0.15, 0.2) is 0 Å². The highest BCUT2D eigenvalue weighted by Crippen LogP contribution is 2.26. The molecule has 0 fully saturated rings. The second-order valence-electron chi connectivity index (χ2n) is 4.76. The van der Waals surface area contributed by atoms with Crippen LogP contribution in [0.15, 0.2) is 18.2 Å². The molecule has 2 aromatic rings. The molecule has 1 N–H and O–H groups in total. The minimum absolute atomic E-state index is 0.374. The van der Waals surface area contributed by atoms with Crippen molar-refractivity contribution >= 4 is 11.6 Å². The maximum Gasteiger partial charge on any atom is 0.131 e. The fraction of sp³-hybridized carbons (Fsp3) is 0.400. The van der Waals surface area contributed by atoms with Crippen molar-refractivity contribution in [3.8, 4) is 11.5 Å². The largest absolute Gasteiger partial charge is 0.497 e. The van der Waals surface area contributed by atoms with Gasteiger partial charge in [0.05, 0.1) is 23.5 Å². The van der Waals surface area contributed by atoms with Crippen LogP contribution in [0.5, 0.6) is 11.5 Å². The second kappa shape index (κ2) is 6.83. The molecule has 0 spiro atoms. The Hall–Kier alpha value is -1.72. The monoisotopic (exact) mass is 309 g/mol. The van der Waals surface area contributed by atoms with Crippen LogP contribution in [0.1, 0.15) is 17.0 Å². The number of benzene rings is 1. The average molecular weight is 310 g/mol. The van der Waals surface area contributed by atoms with Gasteiger partial charge in [-0.15, -0.1) is 0 Å². The molecular formula is C15H20ClN3O2. The van der Waals surface area contributed by atoms with Crippen molar-refractivity contribution in [1.29, 1.82) is 0 Å². The van der Waals surface area contributed by atoms with E-state index in [1.165, 1.54) is 0 Å². The third-order valence-electron chi connectivity index (χ3n) is 3.26. The molecular weight excluding hydrogens is 290 g/mol. The molecule has 1 aromatic carbocycles. The molecule has 0 atom stereocenters. The van der Waals surface area contributed by atoms with Crippen molar-refractivity contribution in [3.05, 3.63) is 40.2 Å². The van der Waals surface area contributed by atoms with E-state index in [2.05, 4.69) is 10.4 Å². The summed E-state index contributed by atoms with van der Waals surface area (Å²) in [5, 5.41) is 8.06. The SMILES string of the molecule is CNCc1cc(OC)ccc1OCc1c(Cl)c(C)nn1C. The van der Waals surface area contributed by atoms with Crippen molar-refractivity contribution < 1.29 is 9.47 Å². The first-order valence-corrected chi connectivity index (χ1v) is 7.07. The predicted molar refractivity (Wildman–Crippen MR) is 83.0 cm³/mol. The standard InChI is InChI=1S/C15H20ClN3O2/c1-10-15(16)13(19(3)18-10)9-21-14-6-5-12(20-4)7-11(14)8-17-2/h5-7,17H,8-9H2,1-4H3. The molecule has 6 heteroatoms. The van der Waals surface area contributed by atoms with Gasteiger partial charge < -0.3 is 14.8 Å². The van der Waals surface area contributed by atoms with Gasteiger partial charge in [0.1, 0.15) is 18.1 Å². The molecule has 0 aliphatic heterocycles. The number of hydrogen-bond acceptors (Lipinski definition) is 4. The topological polar surface area (TPSA) is 48.3 Å². The van der Waals surface area contributed by atoms with E-state index in [1.54, 1.807) is 11.8 Å². The molecule has 0 unspecified atom stereocenters. The van der Waals surface area contributed by atoms with E-state index in [0.29, 0.717) is 18.2 Å². The molecule has 0 saturated carbocycles. The Labute approximate surface area is 129 Å². The lowest BCUT2D eigenvalue weighted by Gasteiger charge is -2.13. The van der Waals surface area contributed by atoms with Crippen LogP contribution in [0.4, 0.5) is 0 Å². The van der Waals surface area contributed by atoms with Crippen molar-refractivity contribution in [3.63, 3.8) is 0 Å². The summed E-state index contributed by atoms with van der Waals surface area (Å²) in [7, 11) is 5.40. The van der Waals surface area contributed by atoms with Crippen LogP contribution < -0.4 is 14.8 Å². The lowest BCUT2D eigenvalue weighted by molar-refractivity contribution is 0.290. The zero-order chi connectivity index (χ0) is 15.4. The highest BCUT2D eigenvalue weighted by Gasteiger charge is 2.13. The molecule has 0 aliphatic carbocycles. The zero-order valence-corrected chi connectivity index (χ0v) is 13.5. The number of rotatable bonds is 6. The number of methoxy groups -OCH3 is 1. The first-order valence-electron chi connectivity index (χ1n) is 6.69. The van der Waals surface area contributed by atoms with Crippen LogP contribution in [0, 0.1) is 6.92 Å². The molecule has 114 valence electrons. The summed E-state index contributed by atoms with van der Waals surface area (Å²) in [6.45, 7) is 2.95. The number of aromatic nitrogens is 2. The quantitative estimate of drug-likeness (QED) is 0.891. The number of nitrogens with zero attached hydrogens (tertiary/aromatic N) is 2. The smallest absolute Gasteiger partial charge is 0.131 e. The Morgan fingerprint density at radius 3 is 2.71 bits per heavy atom. The van der Waals surface area contributed by atoms with E-state index in [4.69, 9.17) is 21.1 Å². The third kappa shape index (κ3) is 3.49. The Kier molecular flexibility index (Phi) is 5.09. The van der Waals surface area contributed by atoms with Crippen LogP contribution in [0.25, 0.3) is 0 Å². The minimum atomic E-state index is 0.374. The molecule has 1 heterocycles. The number of hydrogen-bond donors (Lipinski definition) is 1. The predicted octanol–water partition coefficient (Wildman–Crippen LogP) is 2.69.